The van der Waals surface area contributed by atoms with Crippen LogP contribution in [0.4, 0.5) is 0 Å². The minimum Gasteiger partial charge on any atom is -0.294 e. The van der Waals surface area contributed by atoms with Crippen molar-refractivity contribution in [2.45, 2.75) is 54.4 Å². The lowest BCUT2D eigenvalue weighted by Gasteiger charge is -2.32. The first-order valence-corrected chi connectivity index (χ1v) is 6.43. The van der Waals surface area contributed by atoms with Gasteiger partial charge in [-0.1, -0.05) is 40.7 Å². The molecule has 0 aromatic rings. The van der Waals surface area contributed by atoms with Gasteiger partial charge in [-0.15, -0.1) is 0 Å². The number of rotatable bonds is 2. The Morgan fingerprint density at radius 2 is 2.00 bits per heavy atom. The van der Waals surface area contributed by atoms with E-state index < -0.39 is 0 Å². The lowest BCUT2D eigenvalue weighted by Crippen LogP contribution is -2.27. The van der Waals surface area contributed by atoms with Crippen LogP contribution in [0.2, 0.25) is 0 Å². The third-order valence-corrected chi connectivity index (χ3v) is 3.59. The Morgan fingerprint density at radius 3 is 2.44 bits per heavy atom. The number of hydrogen-bond donors (Lipinski definition) is 0. The van der Waals surface area contributed by atoms with E-state index in [9.17, 15) is 4.79 Å². The summed E-state index contributed by atoms with van der Waals surface area (Å²) >= 11 is 0. The predicted octanol–water partition coefficient (Wildman–Crippen LogP) is 4.23. The van der Waals surface area contributed by atoms with Crippen LogP contribution < -0.4 is 0 Å². The van der Waals surface area contributed by atoms with E-state index in [1.807, 2.05) is 6.92 Å². The molecule has 0 saturated carbocycles. The van der Waals surface area contributed by atoms with Gasteiger partial charge in [0.1, 0.15) is 0 Å². The molecule has 3 unspecified atom stereocenters. The molecule has 1 nitrogen and oxygen atoms in total. The number of carbonyl (C=O) groups excluding carboxylic acids is 1. The molecule has 0 spiro atoms. The lowest BCUT2D eigenvalue weighted by atomic mass is 9.72. The molecule has 0 aliphatic heterocycles. The summed E-state index contributed by atoms with van der Waals surface area (Å²) in [4.78, 5) is 11.7. The number of allylic oxidation sites excluding steroid dienone is 2. The summed E-state index contributed by atoms with van der Waals surface area (Å²) in [5.41, 5.74) is 1.36. The molecule has 0 aromatic heterocycles. The summed E-state index contributed by atoms with van der Waals surface area (Å²) in [6.07, 6.45) is 4.47. The van der Waals surface area contributed by atoms with Gasteiger partial charge in [-0.2, -0.15) is 0 Å². The van der Waals surface area contributed by atoms with Crippen molar-refractivity contribution in [3.8, 4) is 0 Å². The molecule has 0 heterocycles. The third-order valence-electron chi connectivity index (χ3n) is 3.59. The maximum absolute atomic E-state index is 11.7. The molecule has 0 N–H and O–H groups in total. The van der Waals surface area contributed by atoms with Crippen LogP contribution in [-0.2, 0) is 4.79 Å². The van der Waals surface area contributed by atoms with Crippen molar-refractivity contribution in [2.24, 2.45) is 23.2 Å². The van der Waals surface area contributed by atoms with Crippen LogP contribution in [-0.4, -0.2) is 5.78 Å². The molecule has 0 amide bonds. The number of hydrogen-bond acceptors (Lipinski definition) is 1. The standard InChI is InChI=1S/C15H26O/c1-10-7-13(8-11(2)14(10)16)12(3)9-15(4,5)6/h7,11-13H,8-9H2,1-6H3. The first-order valence-electron chi connectivity index (χ1n) is 6.43. The second kappa shape index (κ2) is 4.73. The van der Waals surface area contributed by atoms with Crippen molar-refractivity contribution in [3.63, 3.8) is 0 Å². The SMILES string of the molecule is CC1=CC(C(C)CC(C)(C)C)CC(C)C1=O. The summed E-state index contributed by atoms with van der Waals surface area (Å²) in [6, 6.07) is 0. The van der Waals surface area contributed by atoms with Crippen molar-refractivity contribution in [2.75, 3.05) is 0 Å². The minimum atomic E-state index is 0.220. The second-order valence-corrected chi connectivity index (χ2v) is 6.76. The van der Waals surface area contributed by atoms with Crippen LogP contribution in [0.25, 0.3) is 0 Å². The number of Topliss-reactive ketones (excluding diaryl/α,β-unsaturated/α-hetero) is 1. The van der Waals surface area contributed by atoms with E-state index in [-0.39, 0.29) is 5.92 Å². The number of ketones is 1. The van der Waals surface area contributed by atoms with Gasteiger partial charge in [-0.05, 0) is 42.6 Å². The van der Waals surface area contributed by atoms with Gasteiger partial charge in [0.25, 0.3) is 0 Å². The van der Waals surface area contributed by atoms with E-state index in [0.29, 0.717) is 23.0 Å². The fourth-order valence-corrected chi connectivity index (χ4v) is 2.89. The van der Waals surface area contributed by atoms with Crippen LogP contribution in [0.3, 0.4) is 0 Å². The van der Waals surface area contributed by atoms with Crippen LogP contribution in [0.1, 0.15) is 54.4 Å². The fraction of sp³-hybridized carbons (Fsp3) is 0.800. The molecular weight excluding hydrogens is 196 g/mol. The largest absolute Gasteiger partial charge is 0.294 e. The highest BCUT2D eigenvalue weighted by Crippen LogP contribution is 2.36. The van der Waals surface area contributed by atoms with Crippen LogP contribution in [0, 0.1) is 23.2 Å². The fourth-order valence-electron chi connectivity index (χ4n) is 2.89. The Hall–Kier alpha value is -0.590. The normalized spacial score (nSPS) is 28.9. The Bertz CT molecular complexity index is 293. The first-order chi connectivity index (χ1) is 7.20. The average molecular weight is 222 g/mol. The highest BCUT2D eigenvalue weighted by Gasteiger charge is 2.29. The van der Waals surface area contributed by atoms with Gasteiger partial charge in [0.05, 0.1) is 0 Å². The van der Waals surface area contributed by atoms with Crippen molar-refractivity contribution in [1.29, 1.82) is 0 Å². The summed E-state index contributed by atoms with van der Waals surface area (Å²) in [6.45, 7) is 13.2. The van der Waals surface area contributed by atoms with E-state index in [4.69, 9.17) is 0 Å². The summed E-state index contributed by atoms with van der Waals surface area (Å²) in [5.74, 6) is 1.83. The van der Waals surface area contributed by atoms with Crippen LogP contribution >= 0.6 is 0 Å². The van der Waals surface area contributed by atoms with Crippen molar-refractivity contribution >= 4 is 5.78 Å². The van der Waals surface area contributed by atoms with E-state index in [2.05, 4.69) is 40.7 Å². The van der Waals surface area contributed by atoms with Crippen molar-refractivity contribution < 1.29 is 4.79 Å². The molecule has 1 rings (SSSR count). The summed E-state index contributed by atoms with van der Waals surface area (Å²) < 4.78 is 0. The molecule has 3 atom stereocenters. The minimum absolute atomic E-state index is 0.220. The van der Waals surface area contributed by atoms with Crippen molar-refractivity contribution in [1.82, 2.24) is 0 Å². The Balaban J connectivity index is 2.72. The molecular formula is C15H26O. The highest BCUT2D eigenvalue weighted by atomic mass is 16.1. The molecule has 1 aliphatic rings. The monoisotopic (exact) mass is 222 g/mol. The zero-order chi connectivity index (χ0) is 12.5. The lowest BCUT2D eigenvalue weighted by molar-refractivity contribution is -0.119. The molecule has 0 bridgehead atoms. The molecule has 0 radical (unpaired) electrons. The molecule has 1 heteroatoms. The second-order valence-electron chi connectivity index (χ2n) is 6.76. The Labute approximate surface area is 100 Å². The van der Waals surface area contributed by atoms with E-state index >= 15 is 0 Å². The maximum atomic E-state index is 11.7. The first kappa shape index (κ1) is 13.5. The molecule has 92 valence electrons. The summed E-state index contributed by atoms with van der Waals surface area (Å²) in [5, 5.41) is 0. The Morgan fingerprint density at radius 1 is 1.44 bits per heavy atom. The maximum Gasteiger partial charge on any atom is 0.161 e. The predicted molar refractivity (Wildman–Crippen MR) is 69.3 cm³/mol. The topological polar surface area (TPSA) is 17.1 Å². The van der Waals surface area contributed by atoms with Gasteiger partial charge in [-0.25, -0.2) is 0 Å². The van der Waals surface area contributed by atoms with E-state index in [1.54, 1.807) is 0 Å². The third kappa shape index (κ3) is 3.47. The van der Waals surface area contributed by atoms with Gasteiger partial charge in [0.15, 0.2) is 5.78 Å². The highest BCUT2D eigenvalue weighted by molar-refractivity contribution is 5.97. The molecule has 16 heavy (non-hydrogen) atoms. The van der Waals surface area contributed by atoms with E-state index in [1.165, 1.54) is 6.42 Å². The Kier molecular flexibility index (Phi) is 3.98. The van der Waals surface area contributed by atoms with Crippen LogP contribution in [0.5, 0.6) is 0 Å². The summed E-state index contributed by atoms with van der Waals surface area (Å²) in [7, 11) is 0. The van der Waals surface area contributed by atoms with Gasteiger partial charge < -0.3 is 0 Å². The van der Waals surface area contributed by atoms with Gasteiger partial charge in [0.2, 0.25) is 0 Å². The average Bonchev–Trinajstić information content (AvgIpc) is 2.10. The van der Waals surface area contributed by atoms with Gasteiger partial charge >= 0.3 is 0 Å². The van der Waals surface area contributed by atoms with Gasteiger partial charge in [-0.3, -0.25) is 4.79 Å². The van der Waals surface area contributed by atoms with Gasteiger partial charge in [0, 0.05) is 5.92 Å². The zero-order valence-electron chi connectivity index (χ0n) is 11.6. The molecule has 0 aromatic carbocycles. The van der Waals surface area contributed by atoms with E-state index in [0.717, 1.165) is 12.0 Å². The quantitative estimate of drug-likeness (QED) is 0.683. The number of carbonyl (C=O) groups is 1. The molecule has 0 saturated heterocycles. The molecule has 1 aliphatic carbocycles. The zero-order valence-corrected chi connectivity index (χ0v) is 11.6. The molecule has 0 fully saturated rings. The van der Waals surface area contributed by atoms with Crippen molar-refractivity contribution in [3.05, 3.63) is 11.6 Å². The smallest absolute Gasteiger partial charge is 0.161 e. The van der Waals surface area contributed by atoms with Crippen LogP contribution in [0.15, 0.2) is 11.6 Å².